The summed E-state index contributed by atoms with van der Waals surface area (Å²) < 4.78 is 0. The zero-order valence-electron chi connectivity index (χ0n) is 6.49. The fourth-order valence-corrected chi connectivity index (χ4v) is 1.44. The van der Waals surface area contributed by atoms with E-state index in [9.17, 15) is 4.91 Å². The van der Waals surface area contributed by atoms with E-state index in [0.29, 0.717) is 0 Å². The van der Waals surface area contributed by atoms with E-state index in [-0.39, 0.29) is 12.2 Å². The van der Waals surface area contributed by atoms with Crippen LogP contribution in [0.25, 0.3) is 0 Å². The molecule has 0 spiro atoms. The van der Waals surface area contributed by atoms with Crippen LogP contribution in [0.2, 0.25) is 0 Å². The predicted octanol–water partition coefficient (Wildman–Crippen LogP) is -0.998. The SMILES string of the molecule is O=NC1CCCNC1N1NON1. The molecular weight excluding hydrogens is 162 g/mol. The Morgan fingerprint density at radius 1 is 1.50 bits per heavy atom. The number of nitrogens with one attached hydrogen (secondary N) is 3. The van der Waals surface area contributed by atoms with Gasteiger partial charge in [0.05, 0.1) is 0 Å². The number of rotatable bonds is 2. The number of hydrogen-bond donors (Lipinski definition) is 3. The van der Waals surface area contributed by atoms with Crippen molar-refractivity contribution >= 4 is 0 Å². The molecule has 2 rings (SSSR count). The monoisotopic (exact) mass is 173 g/mol. The molecule has 3 N–H and O–H groups in total. The molecule has 0 aliphatic carbocycles. The summed E-state index contributed by atoms with van der Waals surface area (Å²) in [5.74, 6) is 0. The largest absolute Gasteiger partial charge is 0.297 e. The summed E-state index contributed by atoms with van der Waals surface area (Å²) in [5.41, 5.74) is 5.08. The fourth-order valence-electron chi connectivity index (χ4n) is 1.44. The number of hydrogen-bond acceptors (Lipinski definition) is 7. The third-order valence-electron chi connectivity index (χ3n) is 2.10. The highest BCUT2D eigenvalue weighted by atomic mass is 16.9. The van der Waals surface area contributed by atoms with Gasteiger partial charge in [-0.05, 0) is 19.4 Å². The second-order valence-electron chi connectivity index (χ2n) is 2.87. The number of hydrazine groups is 2. The highest BCUT2D eigenvalue weighted by Crippen LogP contribution is 2.14. The van der Waals surface area contributed by atoms with Gasteiger partial charge in [0.2, 0.25) is 0 Å². The molecule has 2 heterocycles. The first-order valence-corrected chi connectivity index (χ1v) is 3.94. The Hall–Kier alpha value is -0.600. The molecule has 7 heteroatoms. The predicted molar refractivity (Wildman–Crippen MR) is 39.8 cm³/mol. The lowest BCUT2D eigenvalue weighted by Crippen LogP contribution is -2.72. The summed E-state index contributed by atoms with van der Waals surface area (Å²) in [6.07, 6.45) is 1.70. The average molecular weight is 173 g/mol. The number of nitroso groups, excluding NO2 is 1. The summed E-state index contributed by atoms with van der Waals surface area (Å²) in [6.45, 7) is 0.899. The molecule has 2 fully saturated rings. The first-order valence-electron chi connectivity index (χ1n) is 3.94. The van der Waals surface area contributed by atoms with E-state index in [4.69, 9.17) is 0 Å². The van der Waals surface area contributed by atoms with Crippen LogP contribution in [0.5, 0.6) is 0 Å². The van der Waals surface area contributed by atoms with E-state index in [0.717, 1.165) is 19.4 Å². The molecule has 0 radical (unpaired) electrons. The Morgan fingerprint density at radius 2 is 2.33 bits per heavy atom. The van der Waals surface area contributed by atoms with Crippen molar-refractivity contribution in [1.82, 2.24) is 21.6 Å². The molecule has 0 aromatic heterocycles. The van der Waals surface area contributed by atoms with Crippen molar-refractivity contribution in [3.63, 3.8) is 0 Å². The van der Waals surface area contributed by atoms with Crippen LogP contribution in [-0.4, -0.2) is 23.9 Å². The minimum absolute atomic E-state index is 0.106. The van der Waals surface area contributed by atoms with Crippen LogP contribution in [-0.2, 0) is 4.94 Å². The van der Waals surface area contributed by atoms with Gasteiger partial charge in [-0.25, -0.2) is 0 Å². The molecule has 0 aromatic rings. The van der Waals surface area contributed by atoms with E-state index in [1.807, 2.05) is 0 Å². The third-order valence-corrected chi connectivity index (χ3v) is 2.10. The summed E-state index contributed by atoms with van der Waals surface area (Å²) in [4.78, 5) is 14.9. The molecule has 0 amide bonds. The molecule has 2 aliphatic rings. The summed E-state index contributed by atoms with van der Waals surface area (Å²) in [7, 11) is 0. The molecule has 12 heavy (non-hydrogen) atoms. The van der Waals surface area contributed by atoms with Gasteiger partial charge in [0.25, 0.3) is 0 Å². The average Bonchev–Trinajstić information content (AvgIpc) is 2.02. The molecular formula is C5H11N5O2. The minimum atomic E-state index is -0.220. The Labute approximate surface area is 69.3 Å². The van der Waals surface area contributed by atoms with E-state index in [1.165, 1.54) is 0 Å². The third kappa shape index (κ3) is 1.32. The maximum atomic E-state index is 10.4. The van der Waals surface area contributed by atoms with Gasteiger partial charge in [0, 0.05) is 0 Å². The molecule has 0 saturated carbocycles. The number of nitrogens with zero attached hydrogens (tertiary/aromatic N) is 2. The van der Waals surface area contributed by atoms with Gasteiger partial charge in [-0.2, -0.15) is 9.85 Å². The lowest BCUT2D eigenvalue weighted by atomic mass is 10.1. The van der Waals surface area contributed by atoms with Crippen molar-refractivity contribution in [1.29, 1.82) is 0 Å². The van der Waals surface area contributed by atoms with E-state index in [2.05, 4.69) is 26.6 Å². The van der Waals surface area contributed by atoms with Gasteiger partial charge >= 0.3 is 0 Å². The standard InChI is InChI=1S/C5H11N5O2/c11-7-4-2-1-3-6-5(4)10-8-12-9-10/h4-6,8-9H,1-3H2. The van der Waals surface area contributed by atoms with Crippen LogP contribution in [0.15, 0.2) is 5.18 Å². The Balaban J connectivity index is 1.94. The van der Waals surface area contributed by atoms with Crippen LogP contribution in [0.1, 0.15) is 12.8 Å². The maximum Gasteiger partial charge on any atom is 0.123 e. The summed E-state index contributed by atoms with van der Waals surface area (Å²) in [5, 5.41) is 7.78. The zero-order chi connectivity index (χ0) is 8.39. The molecule has 0 aromatic carbocycles. The first kappa shape index (κ1) is 8.02. The van der Waals surface area contributed by atoms with Gasteiger partial charge < -0.3 is 0 Å². The molecule has 2 atom stereocenters. The second kappa shape index (κ2) is 3.42. The normalized spacial score (nSPS) is 37.3. The molecule has 68 valence electrons. The van der Waals surface area contributed by atoms with Gasteiger partial charge in [-0.3, -0.25) is 5.32 Å². The van der Waals surface area contributed by atoms with Gasteiger partial charge in [-0.15, -0.1) is 5.12 Å². The van der Waals surface area contributed by atoms with Crippen LogP contribution in [0, 0.1) is 4.91 Å². The van der Waals surface area contributed by atoms with E-state index in [1.54, 1.807) is 5.12 Å². The Bertz CT molecular complexity index is 173. The maximum absolute atomic E-state index is 10.4. The van der Waals surface area contributed by atoms with Crippen molar-refractivity contribution in [2.45, 2.75) is 25.0 Å². The van der Waals surface area contributed by atoms with Gasteiger partial charge in [0.15, 0.2) is 0 Å². The molecule has 0 bridgehead atoms. The molecule has 2 unspecified atom stereocenters. The van der Waals surface area contributed by atoms with E-state index < -0.39 is 0 Å². The zero-order valence-corrected chi connectivity index (χ0v) is 6.49. The quantitative estimate of drug-likeness (QED) is 0.465. The lowest BCUT2D eigenvalue weighted by Gasteiger charge is -2.41. The van der Waals surface area contributed by atoms with Crippen LogP contribution in [0.4, 0.5) is 0 Å². The van der Waals surface area contributed by atoms with Crippen molar-refractivity contribution < 1.29 is 4.94 Å². The molecule has 2 saturated heterocycles. The summed E-state index contributed by atoms with van der Waals surface area (Å²) in [6, 6.07) is -0.220. The van der Waals surface area contributed by atoms with Crippen molar-refractivity contribution in [3.8, 4) is 0 Å². The van der Waals surface area contributed by atoms with E-state index >= 15 is 0 Å². The fraction of sp³-hybridized carbons (Fsp3) is 1.00. The smallest absolute Gasteiger partial charge is 0.123 e. The minimum Gasteiger partial charge on any atom is -0.297 e. The van der Waals surface area contributed by atoms with Gasteiger partial charge in [0.1, 0.15) is 12.2 Å². The summed E-state index contributed by atoms with van der Waals surface area (Å²) >= 11 is 0. The topological polar surface area (TPSA) is 78.0 Å². The highest BCUT2D eigenvalue weighted by Gasteiger charge is 2.34. The first-order chi connectivity index (χ1) is 5.92. The lowest BCUT2D eigenvalue weighted by molar-refractivity contribution is -0.359. The number of piperidine rings is 1. The second-order valence-corrected chi connectivity index (χ2v) is 2.87. The Morgan fingerprint density at radius 3 is 2.92 bits per heavy atom. The van der Waals surface area contributed by atoms with Crippen molar-refractivity contribution in [2.75, 3.05) is 6.54 Å². The van der Waals surface area contributed by atoms with Crippen molar-refractivity contribution in [2.24, 2.45) is 5.18 Å². The van der Waals surface area contributed by atoms with Crippen molar-refractivity contribution in [3.05, 3.63) is 4.91 Å². The Kier molecular flexibility index (Phi) is 2.28. The van der Waals surface area contributed by atoms with Crippen LogP contribution >= 0.6 is 0 Å². The molecule has 7 nitrogen and oxygen atoms in total. The van der Waals surface area contributed by atoms with Gasteiger partial charge in [-0.1, -0.05) is 16.4 Å². The van der Waals surface area contributed by atoms with Crippen LogP contribution in [0.3, 0.4) is 0 Å². The highest BCUT2D eigenvalue weighted by molar-refractivity contribution is 4.83. The van der Waals surface area contributed by atoms with Crippen LogP contribution < -0.4 is 16.5 Å². The molecule has 2 aliphatic heterocycles.